The highest BCUT2D eigenvalue weighted by Gasteiger charge is 2.35. The monoisotopic (exact) mass is 175 g/mol. The van der Waals surface area contributed by atoms with Crippen LogP contribution in [-0.4, -0.2) is 47.0 Å². The fraction of sp³-hybridized carbons (Fsp3) is 1.00. The number of piperidine rings is 1. The van der Waals surface area contributed by atoms with E-state index in [1.165, 1.54) is 0 Å². The van der Waals surface area contributed by atoms with Crippen molar-refractivity contribution in [3.05, 3.63) is 0 Å². The molecule has 1 aliphatic rings. The molecule has 0 saturated carbocycles. The van der Waals surface area contributed by atoms with Crippen LogP contribution in [0.2, 0.25) is 0 Å². The molecule has 0 aliphatic carbocycles. The van der Waals surface area contributed by atoms with Crippen LogP contribution in [0.3, 0.4) is 0 Å². The summed E-state index contributed by atoms with van der Waals surface area (Å²) in [4.78, 5) is 2.02. The molecule has 74 valence electrons. The maximum atomic E-state index is 9.52. The molecule has 0 radical (unpaired) electrons. The molecule has 0 amide bonds. The van der Waals surface area contributed by atoms with Gasteiger partial charge in [-0.2, -0.15) is 0 Å². The van der Waals surface area contributed by atoms with Crippen LogP contribution in [0, 0.1) is 0 Å². The van der Waals surface area contributed by atoms with Gasteiger partial charge < -0.3 is 15.1 Å². The summed E-state index contributed by atoms with van der Waals surface area (Å²) in [6.07, 6.45) is 0.118. The highest BCUT2D eigenvalue weighted by molar-refractivity contribution is 4.88. The molecule has 1 saturated heterocycles. The Bertz CT molecular complexity index is 126. The Labute approximate surface area is 75.0 Å². The average Bonchev–Trinajstić information content (AvgIpc) is 2.01. The Hall–Kier alpha value is -0.120. The topological polar surface area (TPSA) is 43.7 Å². The van der Waals surface area contributed by atoms with E-state index < -0.39 is 11.7 Å². The third-order valence-electron chi connectivity index (χ3n) is 2.09. The SMILES string of the molecule is CC.CN1CCC(O)C(C)(O)C1. The van der Waals surface area contributed by atoms with Gasteiger partial charge in [-0.1, -0.05) is 13.8 Å². The van der Waals surface area contributed by atoms with Crippen LogP contribution in [0.15, 0.2) is 0 Å². The first-order chi connectivity index (χ1) is 5.52. The first kappa shape index (κ1) is 11.9. The second-order valence-corrected chi connectivity index (χ2v) is 3.40. The lowest BCUT2D eigenvalue weighted by Gasteiger charge is -2.38. The first-order valence-electron chi connectivity index (χ1n) is 4.61. The minimum Gasteiger partial charge on any atom is -0.390 e. The number of hydrogen-bond donors (Lipinski definition) is 2. The van der Waals surface area contributed by atoms with Crippen molar-refractivity contribution in [2.45, 2.75) is 38.9 Å². The molecule has 1 fully saturated rings. The minimum atomic E-state index is -0.910. The summed E-state index contributed by atoms with van der Waals surface area (Å²) < 4.78 is 0. The summed E-state index contributed by atoms with van der Waals surface area (Å²) >= 11 is 0. The highest BCUT2D eigenvalue weighted by atomic mass is 16.3. The summed E-state index contributed by atoms with van der Waals surface area (Å²) in [5.41, 5.74) is -0.910. The Kier molecular flexibility index (Phi) is 4.75. The molecule has 2 atom stereocenters. The number of likely N-dealkylation sites (N-methyl/N-ethyl adjacent to an activating group) is 1. The minimum absolute atomic E-state index is 0.552. The van der Waals surface area contributed by atoms with Gasteiger partial charge in [0.1, 0.15) is 5.60 Å². The van der Waals surface area contributed by atoms with Gasteiger partial charge in [-0.3, -0.25) is 0 Å². The van der Waals surface area contributed by atoms with Crippen LogP contribution < -0.4 is 0 Å². The zero-order chi connectivity index (χ0) is 9.78. The molecular weight excluding hydrogens is 154 g/mol. The number of likely N-dealkylation sites (tertiary alicyclic amines) is 1. The molecule has 3 heteroatoms. The summed E-state index contributed by atoms with van der Waals surface area (Å²) in [6.45, 7) is 7.11. The predicted molar refractivity (Wildman–Crippen MR) is 50.1 cm³/mol. The van der Waals surface area contributed by atoms with Gasteiger partial charge in [-0.15, -0.1) is 0 Å². The van der Waals surface area contributed by atoms with Gasteiger partial charge in [0.2, 0.25) is 0 Å². The van der Waals surface area contributed by atoms with E-state index in [1.807, 2.05) is 25.8 Å². The van der Waals surface area contributed by atoms with Crippen molar-refractivity contribution in [3.63, 3.8) is 0 Å². The van der Waals surface area contributed by atoms with Gasteiger partial charge in [-0.05, 0) is 20.4 Å². The second kappa shape index (κ2) is 4.80. The fourth-order valence-corrected chi connectivity index (χ4v) is 1.38. The molecular formula is C9H21NO2. The number of aliphatic hydroxyl groups excluding tert-OH is 1. The first-order valence-corrected chi connectivity index (χ1v) is 4.61. The van der Waals surface area contributed by atoms with Gasteiger partial charge >= 0.3 is 0 Å². The van der Waals surface area contributed by atoms with Gasteiger partial charge in [0.15, 0.2) is 0 Å². The Morgan fingerprint density at radius 3 is 2.25 bits per heavy atom. The molecule has 2 N–H and O–H groups in total. The number of aliphatic hydroxyl groups is 2. The van der Waals surface area contributed by atoms with Gasteiger partial charge in [0, 0.05) is 13.1 Å². The van der Waals surface area contributed by atoms with Crippen LogP contribution >= 0.6 is 0 Å². The molecule has 2 unspecified atom stereocenters. The number of rotatable bonds is 0. The Balaban J connectivity index is 0.000000561. The second-order valence-electron chi connectivity index (χ2n) is 3.40. The standard InChI is InChI=1S/C7H15NO2.C2H6/c1-7(10)5-8(2)4-3-6(7)9;1-2/h6,9-10H,3-5H2,1-2H3;1-2H3. The zero-order valence-electron chi connectivity index (χ0n) is 8.54. The summed E-state index contributed by atoms with van der Waals surface area (Å²) in [5.74, 6) is 0. The highest BCUT2D eigenvalue weighted by Crippen LogP contribution is 2.19. The quantitative estimate of drug-likeness (QED) is 0.562. The zero-order valence-corrected chi connectivity index (χ0v) is 8.54. The average molecular weight is 175 g/mol. The van der Waals surface area contributed by atoms with E-state index in [-0.39, 0.29) is 0 Å². The van der Waals surface area contributed by atoms with E-state index in [0.717, 1.165) is 6.54 Å². The van der Waals surface area contributed by atoms with Gasteiger partial charge in [-0.25, -0.2) is 0 Å². The third kappa shape index (κ3) is 3.09. The Morgan fingerprint density at radius 1 is 1.42 bits per heavy atom. The molecule has 0 aromatic carbocycles. The van der Waals surface area contributed by atoms with E-state index in [1.54, 1.807) is 6.92 Å². The maximum absolute atomic E-state index is 9.52. The lowest BCUT2D eigenvalue weighted by Crippen LogP contribution is -2.53. The van der Waals surface area contributed by atoms with Crippen molar-refractivity contribution in [1.29, 1.82) is 0 Å². The maximum Gasteiger partial charge on any atom is 0.100 e. The van der Waals surface area contributed by atoms with E-state index in [0.29, 0.717) is 13.0 Å². The summed E-state index contributed by atoms with van der Waals surface area (Å²) in [7, 11) is 1.94. The molecule has 0 bridgehead atoms. The summed E-state index contributed by atoms with van der Waals surface area (Å²) in [5, 5.41) is 18.8. The number of hydrogen-bond acceptors (Lipinski definition) is 3. The van der Waals surface area contributed by atoms with Crippen LogP contribution in [0.5, 0.6) is 0 Å². The van der Waals surface area contributed by atoms with Crippen molar-refractivity contribution in [2.75, 3.05) is 20.1 Å². The van der Waals surface area contributed by atoms with E-state index in [2.05, 4.69) is 0 Å². The number of nitrogens with zero attached hydrogens (tertiary/aromatic N) is 1. The number of β-amino-alcohol motifs (C(OH)–C–C–N with tert-alkyl or cyclic N) is 1. The largest absolute Gasteiger partial charge is 0.390 e. The van der Waals surface area contributed by atoms with Gasteiger partial charge in [0.05, 0.1) is 6.10 Å². The molecule has 12 heavy (non-hydrogen) atoms. The third-order valence-corrected chi connectivity index (χ3v) is 2.09. The molecule has 0 aromatic heterocycles. The molecule has 1 heterocycles. The normalized spacial score (nSPS) is 37.0. The predicted octanol–water partition coefficient (Wildman–Crippen LogP) is 0.460. The molecule has 0 spiro atoms. The van der Waals surface area contributed by atoms with Crippen molar-refractivity contribution in [2.24, 2.45) is 0 Å². The van der Waals surface area contributed by atoms with E-state index in [9.17, 15) is 10.2 Å². The lowest BCUT2D eigenvalue weighted by atomic mass is 9.92. The smallest absolute Gasteiger partial charge is 0.100 e. The Morgan fingerprint density at radius 2 is 1.92 bits per heavy atom. The van der Waals surface area contributed by atoms with E-state index in [4.69, 9.17) is 0 Å². The van der Waals surface area contributed by atoms with Gasteiger partial charge in [0.25, 0.3) is 0 Å². The summed E-state index contributed by atoms with van der Waals surface area (Å²) in [6, 6.07) is 0. The lowest BCUT2D eigenvalue weighted by molar-refractivity contribution is -0.104. The molecule has 1 rings (SSSR count). The molecule has 3 nitrogen and oxygen atoms in total. The van der Waals surface area contributed by atoms with Crippen molar-refractivity contribution in [1.82, 2.24) is 4.90 Å². The van der Waals surface area contributed by atoms with Crippen LogP contribution in [0.1, 0.15) is 27.2 Å². The molecule has 0 aromatic rings. The van der Waals surface area contributed by atoms with E-state index >= 15 is 0 Å². The van der Waals surface area contributed by atoms with Crippen molar-refractivity contribution >= 4 is 0 Å². The van der Waals surface area contributed by atoms with Crippen LogP contribution in [-0.2, 0) is 0 Å². The molecule has 1 aliphatic heterocycles. The van der Waals surface area contributed by atoms with Crippen LogP contribution in [0.4, 0.5) is 0 Å². The van der Waals surface area contributed by atoms with Crippen molar-refractivity contribution in [3.8, 4) is 0 Å². The van der Waals surface area contributed by atoms with Crippen molar-refractivity contribution < 1.29 is 10.2 Å². The van der Waals surface area contributed by atoms with Crippen LogP contribution in [0.25, 0.3) is 0 Å². The fourth-order valence-electron chi connectivity index (χ4n) is 1.38.